The molecule has 3 aromatic heterocycles. The molecule has 0 spiro atoms. The number of anilines is 1. The van der Waals surface area contributed by atoms with Crippen LogP contribution in [0.25, 0.3) is 11.0 Å². The van der Waals surface area contributed by atoms with E-state index in [0.29, 0.717) is 6.54 Å². The number of nitrogens with two attached hydrogens (primary N) is 1. The van der Waals surface area contributed by atoms with Crippen molar-refractivity contribution in [2.45, 2.75) is 33.2 Å². The van der Waals surface area contributed by atoms with Gasteiger partial charge in [-0.05, 0) is 48.3 Å². The standard InChI is InChI=1S/C19H22BrN5S/c1-3-6-13-17(26-16(4-2)18(13)20)12-25(10-5-8-21)19-23-14-7-9-22-11-15(14)24-19/h7,9,11H,4-5,8,10,12,21H2,1-2H3,(H,23,24). The number of H-pyrrole nitrogens is 1. The number of thiophene rings is 1. The van der Waals surface area contributed by atoms with Crippen molar-refractivity contribution >= 4 is 44.2 Å². The quantitative estimate of drug-likeness (QED) is 0.553. The van der Waals surface area contributed by atoms with Crippen molar-refractivity contribution in [1.82, 2.24) is 15.0 Å². The lowest BCUT2D eigenvalue weighted by atomic mass is 10.2. The maximum absolute atomic E-state index is 5.76. The van der Waals surface area contributed by atoms with Crippen molar-refractivity contribution in [3.8, 4) is 11.8 Å². The Hall–Kier alpha value is -1.88. The van der Waals surface area contributed by atoms with Crippen LogP contribution in [0, 0.1) is 11.8 Å². The highest BCUT2D eigenvalue weighted by molar-refractivity contribution is 9.10. The van der Waals surface area contributed by atoms with Crippen molar-refractivity contribution in [3.05, 3.63) is 38.3 Å². The molecule has 0 bridgehead atoms. The monoisotopic (exact) mass is 431 g/mol. The fourth-order valence-electron chi connectivity index (χ4n) is 2.80. The summed E-state index contributed by atoms with van der Waals surface area (Å²) >= 11 is 5.54. The molecule has 3 heterocycles. The molecular weight excluding hydrogens is 410 g/mol. The number of imidazole rings is 1. The fraction of sp³-hybridized carbons (Fsp3) is 0.368. The van der Waals surface area contributed by atoms with E-state index < -0.39 is 0 Å². The molecule has 0 atom stereocenters. The second-order valence-electron chi connectivity index (χ2n) is 5.88. The number of rotatable bonds is 7. The summed E-state index contributed by atoms with van der Waals surface area (Å²) < 4.78 is 1.13. The van der Waals surface area contributed by atoms with E-state index in [1.807, 2.05) is 24.3 Å². The zero-order valence-corrected chi connectivity index (χ0v) is 17.4. The largest absolute Gasteiger partial charge is 0.337 e. The molecule has 5 nitrogen and oxygen atoms in total. The number of aromatic amines is 1. The minimum absolute atomic E-state index is 0.647. The third kappa shape index (κ3) is 3.93. The lowest BCUT2D eigenvalue weighted by Gasteiger charge is -2.21. The van der Waals surface area contributed by atoms with Crippen LogP contribution in [0.1, 0.15) is 35.6 Å². The van der Waals surface area contributed by atoms with Crippen molar-refractivity contribution in [3.63, 3.8) is 0 Å². The summed E-state index contributed by atoms with van der Waals surface area (Å²) in [5.41, 5.74) is 8.70. The highest BCUT2D eigenvalue weighted by atomic mass is 79.9. The van der Waals surface area contributed by atoms with Crippen LogP contribution in [0.2, 0.25) is 0 Å². The number of nitrogens with zero attached hydrogens (tertiary/aromatic N) is 3. The van der Waals surface area contributed by atoms with Gasteiger partial charge in [-0.25, -0.2) is 4.98 Å². The van der Waals surface area contributed by atoms with Gasteiger partial charge in [0.1, 0.15) is 0 Å². The van der Waals surface area contributed by atoms with Gasteiger partial charge in [-0.2, -0.15) is 0 Å². The smallest absolute Gasteiger partial charge is 0.204 e. The van der Waals surface area contributed by atoms with Crippen LogP contribution in [0.5, 0.6) is 0 Å². The first-order valence-corrected chi connectivity index (χ1v) is 10.3. The molecule has 26 heavy (non-hydrogen) atoms. The van der Waals surface area contributed by atoms with E-state index in [-0.39, 0.29) is 0 Å². The number of aryl methyl sites for hydroxylation is 1. The van der Waals surface area contributed by atoms with E-state index in [9.17, 15) is 0 Å². The first kappa shape index (κ1) is 18.9. The SMILES string of the molecule is CC#Cc1c(CN(CCCN)c2nc3ccncc3[nH]2)sc(CC)c1Br. The van der Waals surface area contributed by atoms with Crippen molar-refractivity contribution in [1.29, 1.82) is 0 Å². The van der Waals surface area contributed by atoms with E-state index in [1.165, 1.54) is 9.75 Å². The Labute approximate surface area is 166 Å². The molecule has 0 aliphatic rings. The van der Waals surface area contributed by atoms with Gasteiger partial charge in [0.05, 0.1) is 29.3 Å². The molecular formula is C19H22BrN5S. The van der Waals surface area contributed by atoms with Crippen LogP contribution in [-0.2, 0) is 13.0 Å². The Bertz CT molecular complexity index is 917. The molecule has 136 valence electrons. The predicted molar refractivity (Wildman–Crippen MR) is 113 cm³/mol. The lowest BCUT2D eigenvalue weighted by molar-refractivity contribution is 0.724. The number of halogens is 1. The van der Waals surface area contributed by atoms with E-state index in [4.69, 9.17) is 10.7 Å². The van der Waals surface area contributed by atoms with Gasteiger partial charge < -0.3 is 15.6 Å². The maximum Gasteiger partial charge on any atom is 0.204 e. The van der Waals surface area contributed by atoms with Crippen LogP contribution >= 0.6 is 27.3 Å². The summed E-state index contributed by atoms with van der Waals surface area (Å²) in [4.78, 5) is 17.1. The maximum atomic E-state index is 5.76. The summed E-state index contributed by atoms with van der Waals surface area (Å²) in [7, 11) is 0. The Morgan fingerprint density at radius 2 is 2.23 bits per heavy atom. The number of nitrogens with one attached hydrogen (secondary N) is 1. The van der Waals surface area contributed by atoms with Gasteiger partial charge in [0, 0.05) is 27.0 Å². The molecule has 0 radical (unpaired) electrons. The number of pyridine rings is 1. The van der Waals surface area contributed by atoms with Gasteiger partial charge in [0.25, 0.3) is 0 Å². The third-order valence-electron chi connectivity index (χ3n) is 4.10. The van der Waals surface area contributed by atoms with Gasteiger partial charge in [-0.15, -0.1) is 17.3 Å². The van der Waals surface area contributed by atoms with E-state index in [0.717, 1.165) is 52.9 Å². The molecule has 0 amide bonds. The summed E-state index contributed by atoms with van der Waals surface area (Å²) in [6, 6.07) is 1.92. The molecule has 3 rings (SSSR count). The Balaban J connectivity index is 1.97. The van der Waals surface area contributed by atoms with Gasteiger partial charge in [-0.3, -0.25) is 4.98 Å². The second kappa shape index (κ2) is 8.67. The van der Waals surface area contributed by atoms with Crippen LogP contribution in [0.4, 0.5) is 5.95 Å². The first-order chi connectivity index (χ1) is 12.7. The first-order valence-electron chi connectivity index (χ1n) is 8.65. The number of aromatic nitrogens is 3. The van der Waals surface area contributed by atoms with E-state index in [1.54, 1.807) is 12.4 Å². The lowest BCUT2D eigenvalue weighted by Crippen LogP contribution is -2.26. The van der Waals surface area contributed by atoms with Crippen LogP contribution in [-0.4, -0.2) is 28.0 Å². The Morgan fingerprint density at radius 1 is 1.38 bits per heavy atom. The van der Waals surface area contributed by atoms with Crippen LogP contribution in [0.15, 0.2) is 22.9 Å². The van der Waals surface area contributed by atoms with Gasteiger partial charge in [0.15, 0.2) is 0 Å². The average Bonchev–Trinajstić information content (AvgIpc) is 3.21. The summed E-state index contributed by atoms with van der Waals surface area (Å²) in [6.07, 6.45) is 5.45. The zero-order chi connectivity index (χ0) is 18.5. The molecule has 0 aliphatic carbocycles. The normalized spacial score (nSPS) is 10.8. The van der Waals surface area contributed by atoms with Crippen molar-refractivity contribution in [2.75, 3.05) is 18.0 Å². The molecule has 0 aromatic carbocycles. The average molecular weight is 432 g/mol. The highest BCUT2D eigenvalue weighted by Gasteiger charge is 2.19. The molecule has 0 saturated carbocycles. The van der Waals surface area contributed by atoms with Gasteiger partial charge in [-0.1, -0.05) is 12.8 Å². The van der Waals surface area contributed by atoms with E-state index in [2.05, 4.69) is 49.6 Å². The molecule has 7 heteroatoms. The minimum Gasteiger partial charge on any atom is -0.337 e. The molecule has 3 N–H and O–H groups in total. The molecule has 3 aromatic rings. The van der Waals surface area contributed by atoms with E-state index >= 15 is 0 Å². The number of hydrogen-bond donors (Lipinski definition) is 2. The Kier molecular flexibility index (Phi) is 6.30. The number of fused-ring (bicyclic) bond motifs is 1. The molecule has 0 unspecified atom stereocenters. The Morgan fingerprint density at radius 3 is 2.92 bits per heavy atom. The predicted octanol–water partition coefficient (Wildman–Crippen LogP) is 4.07. The molecule has 0 aliphatic heterocycles. The van der Waals surface area contributed by atoms with Gasteiger partial charge >= 0.3 is 0 Å². The van der Waals surface area contributed by atoms with Crippen LogP contribution < -0.4 is 10.6 Å². The fourth-order valence-corrected chi connectivity index (χ4v) is 4.90. The van der Waals surface area contributed by atoms with Gasteiger partial charge in [0.2, 0.25) is 5.95 Å². The molecule has 0 saturated heterocycles. The number of hydrogen-bond acceptors (Lipinski definition) is 5. The summed E-state index contributed by atoms with van der Waals surface area (Å²) in [6.45, 7) is 6.27. The minimum atomic E-state index is 0.647. The summed E-state index contributed by atoms with van der Waals surface area (Å²) in [5, 5.41) is 0. The zero-order valence-electron chi connectivity index (χ0n) is 15.0. The van der Waals surface area contributed by atoms with Crippen LogP contribution in [0.3, 0.4) is 0 Å². The van der Waals surface area contributed by atoms with Crippen molar-refractivity contribution < 1.29 is 0 Å². The second-order valence-corrected chi connectivity index (χ2v) is 7.87. The molecule has 0 fully saturated rings. The topological polar surface area (TPSA) is 70.8 Å². The van der Waals surface area contributed by atoms with Crippen molar-refractivity contribution in [2.24, 2.45) is 5.73 Å². The highest BCUT2D eigenvalue weighted by Crippen LogP contribution is 2.34. The summed E-state index contributed by atoms with van der Waals surface area (Å²) in [5.74, 6) is 7.14. The third-order valence-corrected chi connectivity index (χ3v) is 6.55.